The summed E-state index contributed by atoms with van der Waals surface area (Å²) in [4.78, 5) is 12.0. The molecule has 0 radical (unpaired) electrons. The molecule has 3 rings (SSSR count). The first-order valence-electron chi connectivity index (χ1n) is 6.89. The van der Waals surface area contributed by atoms with Gasteiger partial charge in [-0.25, -0.2) is 0 Å². The normalized spacial score (nSPS) is 12.5. The zero-order chi connectivity index (χ0) is 15.7. The fourth-order valence-electron chi connectivity index (χ4n) is 2.27. The number of nitrogens with zero attached hydrogens (tertiary/aromatic N) is 2. The molecule has 2 aromatic rings. The number of ether oxygens (including phenoxy) is 2. The van der Waals surface area contributed by atoms with Crippen molar-refractivity contribution in [2.75, 3.05) is 6.79 Å². The second-order valence-corrected chi connectivity index (χ2v) is 5.90. The molecule has 1 aliphatic rings. The molecule has 0 spiro atoms. The molecular weight excluding hydrogens is 350 g/mol. The molecule has 6 nitrogen and oxygen atoms in total. The van der Waals surface area contributed by atoms with Gasteiger partial charge in [-0.05, 0) is 47.5 Å². The Labute approximate surface area is 136 Å². The SMILES string of the molecule is Cc1nn(CC(=O)NCc2ccc3c(c2)OCO3)c(C)c1Br. The van der Waals surface area contributed by atoms with Gasteiger partial charge in [0.25, 0.3) is 0 Å². The summed E-state index contributed by atoms with van der Waals surface area (Å²) >= 11 is 3.45. The van der Waals surface area contributed by atoms with Crippen LogP contribution in [0.15, 0.2) is 22.7 Å². The summed E-state index contributed by atoms with van der Waals surface area (Å²) < 4.78 is 13.2. The van der Waals surface area contributed by atoms with E-state index >= 15 is 0 Å². The maximum Gasteiger partial charge on any atom is 0.242 e. The summed E-state index contributed by atoms with van der Waals surface area (Å²) in [5.74, 6) is 1.37. The predicted molar refractivity (Wildman–Crippen MR) is 83.8 cm³/mol. The van der Waals surface area contributed by atoms with Crippen LogP contribution in [0.5, 0.6) is 11.5 Å². The van der Waals surface area contributed by atoms with Gasteiger partial charge in [-0.1, -0.05) is 6.07 Å². The molecule has 0 fully saturated rings. The molecule has 1 aromatic carbocycles. The number of carbonyl (C=O) groups excluding carboxylic acids is 1. The van der Waals surface area contributed by atoms with E-state index in [0.29, 0.717) is 12.3 Å². The Morgan fingerprint density at radius 2 is 2.14 bits per heavy atom. The van der Waals surface area contributed by atoms with Crippen molar-refractivity contribution in [3.63, 3.8) is 0 Å². The lowest BCUT2D eigenvalue weighted by Crippen LogP contribution is -2.28. The summed E-state index contributed by atoms with van der Waals surface area (Å²) in [6.45, 7) is 4.71. The van der Waals surface area contributed by atoms with Gasteiger partial charge >= 0.3 is 0 Å². The molecule has 7 heteroatoms. The third kappa shape index (κ3) is 2.94. The van der Waals surface area contributed by atoms with Crippen molar-refractivity contribution in [3.8, 4) is 11.5 Å². The van der Waals surface area contributed by atoms with Gasteiger partial charge in [0.1, 0.15) is 6.54 Å². The fourth-order valence-corrected chi connectivity index (χ4v) is 2.56. The number of carbonyl (C=O) groups is 1. The van der Waals surface area contributed by atoms with Gasteiger partial charge in [0, 0.05) is 6.54 Å². The second-order valence-electron chi connectivity index (χ2n) is 5.11. The quantitative estimate of drug-likeness (QED) is 0.902. The van der Waals surface area contributed by atoms with E-state index in [-0.39, 0.29) is 19.2 Å². The van der Waals surface area contributed by atoms with E-state index in [1.807, 2.05) is 32.0 Å². The lowest BCUT2D eigenvalue weighted by atomic mass is 10.2. The van der Waals surface area contributed by atoms with E-state index in [2.05, 4.69) is 26.3 Å². The van der Waals surface area contributed by atoms with Gasteiger partial charge < -0.3 is 14.8 Å². The highest BCUT2D eigenvalue weighted by atomic mass is 79.9. The zero-order valence-electron chi connectivity index (χ0n) is 12.4. The number of hydrogen-bond donors (Lipinski definition) is 1. The fraction of sp³-hybridized carbons (Fsp3) is 0.333. The average Bonchev–Trinajstić information content (AvgIpc) is 3.06. The van der Waals surface area contributed by atoms with Crippen molar-refractivity contribution >= 4 is 21.8 Å². The van der Waals surface area contributed by atoms with Crippen LogP contribution >= 0.6 is 15.9 Å². The molecule has 0 unspecified atom stereocenters. The molecule has 116 valence electrons. The topological polar surface area (TPSA) is 65.4 Å². The van der Waals surface area contributed by atoms with Crippen LogP contribution in [-0.4, -0.2) is 22.5 Å². The molecule has 22 heavy (non-hydrogen) atoms. The number of benzene rings is 1. The summed E-state index contributed by atoms with van der Waals surface area (Å²) in [5, 5.41) is 7.21. The predicted octanol–water partition coefficient (Wildman–Crippen LogP) is 2.31. The number of hydrogen-bond acceptors (Lipinski definition) is 4. The van der Waals surface area contributed by atoms with Crippen LogP contribution < -0.4 is 14.8 Å². The number of nitrogens with one attached hydrogen (secondary N) is 1. The minimum Gasteiger partial charge on any atom is -0.454 e. The smallest absolute Gasteiger partial charge is 0.242 e. The highest BCUT2D eigenvalue weighted by Gasteiger charge is 2.14. The Bertz CT molecular complexity index is 727. The third-order valence-electron chi connectivity index (χ3n) is 3.51. The summed E-state index contributed by atoms with van der Waals surface area (Å²) in [6, 6.07) is 5.64. The zero-order valence-corrected chi connectivity index (χ0v) is 13.9. The van der Waals surface area contributed by atoms with Crippen LogP contribution in [0.25, 0.3) is 0 Å². The van der Waals surface area contributed by atoms with Gasteiger partial charge in [0.05, 0.1) is 15.9 Å². The van der Waals surface area contributed by atoms with E-state index in [9.17, 15) is 4.79 Å². The molecule has 0 atom stereocenters. The van der Waals surface area contributed by atoms with E-state index in [1.54, 1.807) is 4.68 Å². The van der Waals surface area contributed by atoms with Gasteiger partial charge in [0.2, 0.25) is 12.7 Å². The van der Waals surface area contributed by atoms with Crippen molar-refractivity contribution in [1.82, 2.24) is 15.1 Å². The first-order valence-corrected chi connectivity index (χ1v) is 7.68. The highest BCUT2D eigenvalue weighted by Crippen LogP contribution is 2.32. The van der Waals surface area contributed by atoms with E-state index in [1.165, 1.54) is 0 Å². The minimum absolute atomic E-state index is 0.0873. The van der Waals surface area contributed by atoms with Gasteiger partial charge in [0.15, 0.2) is 11.5 Å². The van der Waals surface area contributed by atoms with Crippen molar-refractivity contribution in [3.05, 3.63) is 39.6 Å². The number of halogens is 1. The molecule has 0 saturated carbocycles. The lowest BCUT2D eigenvalue weighted by Gasteiger charge is -2.07. The van der Waals surface area contributed by atoms with Crippen LogP contribution in [0.3, 0.4) is 0 Å². The first kappa shape index (κ1) is 14.9. The van der Waals surface area contributed by atoms with Crippen LogP contribution in [0.1, 0.15) is 17.0 Å². The maximum absolute atomic E-state index is 12.0. The number of aryl methyl sites for hydroxylation is 1. The van der Waals surface area contributed by atoms with E-state index < -0.39 is 0 Å². The first-order chi connectivity index (χ1) is 10.5. The molecule has 1 aromatic heterocycles. The monoisotopic (exact) mass is 365 g/mol. The third-order valence-corrected chi connectivity index (χ3v) is 4.66. The molecule has 2 heterocycles. The summed E-state index contributed by atoms with van der Waals surface area (Å²) in [6.07, 6.45) is 0. The minimum atomic E-state index is -0.0873. The largest absolute Gasteiger partial charge is 0.454 e. The molecule has 0 aliphatic carbocycles. The highest BCUT2D eigenvalue weighted by molar-refractivity contribution is 9.10. The van der Waals surface area contributed by atoms with Gasteiger partial charge in [-0.2, -0.15) is 5.10 Å². The molecule has 1 amide bonds. The van der Waals surface area contributed by atoms with E-state index in [4.69, 9.17) is 9.47 Å². The van der Waals surface area contributed by atoms with Crippen LogP contribution in [0.2, 0.25) is 0 Å². The Morgan fingerprint density at radius 1 is 1.36 bits per heavy atom. The van der Waals surface area contributed by atoms with Crippen molar-refractivity contribution < 1.29 is 14.3 Å². The number of rotatable bonds is 4. The number of fused-ring (bicyclic) bond motifs is 1. The lowest BCUT2D eigenvalue weighted by molar-refractivity contribution is -0.122. The van der Waals surface area contributed by atoms with Crippen LogP contribution in [0, 0.1) is 13.8 Å². The number of aromatic nitrogens is 2. The molecule has 0 bridgehead atoms. The molecule has 1 N–H and O–H groups in total. The van der Waals surface area contributed by atoms with Crippen molar-refractivity contribution in [2.45, 2.75) is 26.9 Å². The van der Waals surface area contributed by atoms with E-state index in [0.717, 1.165) is 27.2 Å². The van der Waals surface area contributed by atoms with Crippen LogP contribution in [0.4, 0.5) is 0 Å². The Hall–Kier alpha value is -2.02. The Balaban J connectivity index is 1.59. The maximum atomic E-state index is 12.0. The number of amides is 1. The van der Waals surface area contributed by atoms with Crippen molar-refractivity contribution in [2.24, 2.45) is 0 Å². The molecule has 0 saturated heterocycles. The standard InChI is InChI=1S/C15H16BrN3O3/c1-9-15(16)10(2)19(18-9)7-14(20)17-6-11-3-4-12-13(5-11)22-8-21-12/h3-5H,6-8H2,1-2H3,(H,17,20). The summed E-state index contributed by atoms with van der Waals surface area (Å²) in [7, 11) is 0. The molecular formula is C15H16BrN3O3. The Kier molecular flexibility index (Phi) is 4.06. The van der Waals surface area contributed by atoms with Gasteiger partial charge in [-0.3, -0.25) is 9.48 Å². The second kappa shape index (κ2) is 6.00. The Morgan fingerprint density at radius 3 is 2.86 bits per heavy atom. The van der Waals surface area contributed by atoms with Crippen molar-refractivity contribution in [1.29, 1.82) is 0 Å². The average molecular weight is 366 g/mol. The molecule has 1 aliphatic heterocycles. The van der Waals surface area contributed by atoms with Crippen LogP contribution in [-0.2, 0) is 17.9 Å². The van der Waals surface area contributed by atoms with Gasteiger partial charge in [-0.15, -0.1) is 0 Å². The summed E-state index contributed by atoms with van der Waals surface area (Å²) in [5.41, 5.74) is 2.78.